The van der Waals surface area contributed by atoms with Crippen LogP contribution in [0.3, 0.4) is 0 Å². The van der Waals surface area contributed by atoms with E-state index in [-0.39, 0.29) is 29.5 Å². The number of carboxylic acids is 1. The lowest BCUT2D eigenvalue weighted by atomic mass is 10.1. The largest absolute Gasteiger partial charge is 0.478 e. The van der Waals surface area contributed by atoms with E-state index >= 15 is 0 Å². The Kier molecular flexibility index (Phi) is 4.27. The maximum atomic E-state index is 12.7. The van der Waals surface area contributed by atoms with Crippen molar-refractivity contribution in [1.82, 2.24) is 0 Å². The number of carbonyl (C=O) groups excluding carboxylic acids is 2. The zero-order valence-corrected chi connectivity index (χ0v) is 13.9. The lowest BCUT2D eigenvalue weighted by Gasteiger charge is -2.18. The minimum atomic E-state index is -1.11. The van der Waals surface area contributed by atoms with Gasteiger partial charge in [0, 0.05) is 5.69 Å². The first kappa shape index (κ1) is 16.7. The number of nitrogens with one attached hydrogen (secondary N) is 1. The maximum Gasteiger partial charge on any atom is 0.335 e. The van der Waals surface area contributed by atoms with Gasteiger partial charge in [-0.3, -0.25) is 9.59 Å². The molecule has 3 rings (SSSR count). The molecular weight excluding hydrogens is 320 g/mol. The number of hydrogen-bond donors (Lipinski definition) is 2. The van der Waals surface area contributed by atoms with E-state index in [1.54, 1.807) is 6.07 Å². The molecule has 25 heavy (non-hydrogen) atoms. The minimum absolute atomic E-state index is 0.0313. The number of hydrogen-bond acceptors (Lipinski definition) is 4. The van der Waals surface area contributed by atoms with Crippen molar-refractivity contribution in [3.8, 4) is 0 Å². The number of carbonyl (C=O) groups is 3. The number of amides is 2. The van der Waals surface area contributed by atoms with E-state index in [1.165, 1.54) is 18.2 Å². The minimum Gasteiger partial charge on any atom is -0.478 e. The molecule has 0 bridgehead atoms. The van der Waals surface area contributed by atoms with Crippen LogP contribution in [0.1, 0.15) is 27.9 Å². The Bertz CT molecular complexity index is 875. The van der Waals surface area contributed by atoms with Gasteiger partial charge in [-0.25, -0.2) is 9.69 Å². The molecule has 1 aliphatic rings. The first-order valence-electron chi connectivity index (χ1n) is 7.91. The molecule has 0 saturated carbocycles. The van der Waals surface area contributed by atoms with Crippen LogP contribution in [0.4, 0.5) is 11.4 Å². The molecule has 1 heterocycles. The summed E-state index contributed by atoms with van der Waals surface area (Å²) in [4.78, 5) is 37.2. The highest BCUT2D eigenvalue weighted by Crippen LogP contribution is 2.27. The molecule has 1 unspecified atom stereocenters. The number of aryl methyl sites for hydroxylation is 1. The Balaban J connectivity index is 1.86. The second-order valence-electron chi connectivity index (χ2n) is 6.07. The van der Waals surface area contributed by atoms with Gasteiger partial charge in [-0.15, -0.1) is 0 Å². The van der Waals surface area contributed by atoms with Crippen molar-refractivity contribution >= 4 is 29.2 Å². The van der Waals surface area contributed by atoms with Crippen molar-refractivity contribution < 1.29 is 19.5 Å². The second-order valence-corrected chi connectivity index (χ2v) is 6.07. The van der Waals surface area contributed by atoms with Crippen LogP contribution < -0.4 is 10.2 Å². The maximum absolute atomic E-state index is 12.7. The number of nitrogens with zero attached hydrogens (tertiary/aromatic N) is 1. The lowest BCUT2D eigenvalue weighted by Crippen LogP contribution is -2.35. The van der Waals surface area contributed by atoms with Gasteiger partial charge in [-0.2, -0.15) is 0 Å². The Labute approximate surface area is 145 Å². The third-order valence-electron chi connectivity index (χ3n) is 4.43. The number of imide groups is 1. The van der Waals surface area contributed by atoms with Gasteiger partial charge in [0.15, 0.2) is 0 Å². The summed E-state index contributed by atoms with van der Waals surface area (Å²) in [6.07, 6.45) is 0.0313. The van der Waals surface area contributed by atoms with Crippen molar-refractivity contribution in [1.29, 1.82) is 0 Å². The number of benzene rings is 2. The molecule has 0 aliphatic carbocycles. The SMILES string of the molecule is Cc1cccc(NC2CC(=O)N(c3cccc(C(=O)O)c3)C2=O)c1C. The van der Waals surface area contributed by atoms with Gasteiger partial charge in [-0.05, 0) is 49.2 Å². The topological polar surface area (TPSA) is 86.7 Å². The molecule has 128 valence electrons. The van der Waals surface area contributed by atoms with Crippen LogP contribution in [0.25, 0.3) is 0 Å². The van der Waals surface area contributed by atoms with E-state index in [0.717, 1.165) is 21.7 Å². The van der Waals surface area contributed by atoms with E-state index in [9.17, 15) is 14.4 Å². The first-order valence-corrected chi connectivity index (χ1v) is 7.91. The molecule has 6 heteroatoms. The average Bonchev–Trinajstić information content (AvgIpc) is 2.86. The molecule has 1 saturated heterocycles. The van der Waals surface area contributed by atoms with Crippen LogP contribution in [0.2, 0.25) is 0 Å². The highest BCUT2D eigenvalue weighted by atomic mass is 16.4. The summed E-state index contributed by atoms with van der Waals surface area (Å²) in [7, 11) is 0. The fourth-order valence-electron chi connectivity index (χ4n) is 2.89. The van der Waals surface area contributed by atoms with Crippen molar-refractivity contribution in [2.75, 3.05) is 10.2 Å². The van der Waals surface area contributed by atoms with E-state index in [2.05, 4.69) is 5.32 Å². The third-order valence-corrected chi connectivity index (χ3v) is 4.43. The van der Waals surface area contributed by atoms with Gasteiger partial charge < -0.3 is 10.4 Å². The molecule has 1 aliphatic heterocycles. The summed E-state index contributed by atoms with van der Waals surface area (Å²) in [5, 5.41) is 12.2. The number of rotatable bonds is 4. The summed E-state index contributed by atoms with van der Waals surface area (Å²) in [5.74, 6) is -1.84. The molecule has 2 amide bonds. The molecule has 0 aromatic heterocycles. The molecule has 1 atom stereocenters. The lowest BCUT2D eigenvalue weighted by molar-refractivity contribution is -0.121. The van der Waals surface area contributed by atoms with E-state index in [0.29, 0.717) is 0 Å². The molecule has 0 radical (unpaired) electrons. The van der Waals surface area contributed by atoms with Crippen LogP contribution in [0.15, 0.2) is 42.5 Å². The fourth-order valence-corrected chi connectivity index (χ4v) is 2.89. The van der Waals surface area contributed by atoms with Crippen molar-refractivity contribution in [3.05, 3.63) is 59.2 Å². The Morgan fingerprint density at radius 2 is 1.88 bits per heavy atom. The molecule has 2 aromatic rings. The van der Waals surface area contributed by atoms with E-state index < -0.39 is 12.0 Å². The first-order chi connectivity index (χ1) is 11.9. The smallest absolute Gasteiger partial charge is 0.335 e. The summed E-state index contributed by atoms with van der Waals surface area (Å²) in [5.41, 5.74) is 3.23. The number of carboxylic acid groups (broad SMARTS) is 1. The van der Waals surface area contributed by atoms with E-state index in [4.69, 9.17) is 5.11 Å². The zero-order chi connectivity index (χ0) is 18.1. The van der Waals surface area contributed by atoms with Crippen molar-refractivity contribution in [2.45, 2.75) is 26.3 Å². The fraction of sp³-hybridized carbons (Fsp3) is 0.211. The molecule has 1 fully saturated rings. The van der Waals surface area contributed by atoms with Crippen molar-refractivity contribution in [2.24, 2.45) is 0 Å². The Morgan fingerprint density at radius 1 is 1.16 bits per heavy atom. The average molecular weight is 338 g/mol. The van der Waals surface area contributed by atoms with Gasteiger partial charge >= 0.3 is 5.97 Å². The Hall–Kier alpha value is -3.15. The molecule has 6 nitrogen and oxygen atoms in total. The van der Waals surface area contributed by atoms with Crippen LogP contribution in [-0.2, 0) is 9.59 Å². The number of anilines is 2. The van der Waals surface area contributed by atoms with Gasteiger partial charge in [0.05, 0.1) is 17.7 Å². The molecular formula is C19H18N2O4. The van der Waals surface area contributed by atoms with Crippen LogP contribution in [0.5, 0.6) is 0 Å². The summed E-state index contributed by atoms with van der Waals surface area (Å²) in [6, 6.07) is 10.9. The number of aromatic carboxylic acids is 1. The van der Waals surface area contributed by atoms with Crippen molar-refractivity contribution in [3.63, 3.8) is 0 Å². The quantitative estimate of drug-likeness (QED) is 0.837. The summed E-state index contributed by atoms with van der Waals surface area (Å²) >= 11 is 0. The predicted octanol–water partition coefficient (Wildman–Crippen LogP) is 2.75. The highest BCUT2D eigenvalue weighted by Gasteiger charge is 2.39. The van der Waals surface area contributed by atoms with Gasteiger partial charge in [0.2, 0.25) is 5.91 Å². The second kappa shape index (κ2) is 6.39. The molecule has 0 spiro atoms. The standard InChI is InChI=1S/C19H18N2O4/c1-11-5-3-8-15(12(11)2)20-16-10-17(22)21(18(16)23)14-7-4-6-13(9-14)19(24)25/h3-9,16,20H,10H2,1-2H3,(H,24,25). The predicted molar refractivity (Wildman–Crippen MR) is 93.8 cm³/mol. The van der Waals surface area contributed by atoms with Gasteiger partial charge in [0.25, 0.3) is 5.91 Å². The molecule has 2 aromatic carbocycles. The van der Waals surface area contributed by atoms with Gasteiger partial charge in [-0.1, -0.05) is 18.2 Å². The zero-order valence-electron chi connectivity index (χ0n) is 13.9. The normalized spacial score (nSPS) is 17.0. The summed E-state index contributed by atoms with van der Waals surface area (Å²) in [6.45, 7) is 3.93. The van der Waals surface area contributed by atoms with Crippen LogP contribution in [0, 0.1) is 13.8 Å². The molecule has 2 N–H and O–H groups in total. The highest BCUT2D eigenvalue weighted by molar-refractivity contribution is 6.23. The van der Waals surface area contributed by atoms with E-state index in [1.807, 2.05) is 32.0 Å². The Morgan fingerprint density at radius 3 is 2.60 bits per heavy atom. The monoisotopic (exact) mass is 338 g/mol. The van der Waals surface area contributed by atoms with Crippen LogP contribution in [-0.4, -0.2) is 28.9 Å². The third kappa shape index (κ3) is 3.10. The van der Waals surface area contributed by atoms with Crippen LogP contribution >= 0.6 is 0 Å². The van der Waals surface area contributed by atoms with Gasteiger partial charge in [0.1, 0.15) is 6.04 Å². The summed E-state index contributed by atoms with van der Waals surface area (Å²) < 4.78 is 0.